The summed E-state index contributed by atoms with van der Waals surface area (Å²) < 4.78 is 11.7. The highest BCUT2D eigenvalue weighted by molar-refractivity contribution is 7.99. The molecule has 0 spiro atoms. The van der Waals surface area contributed by atoms with Crippen molar-refractivity contribution >= 4 is 23.5 Å². The summed E-state index contributed by atoms with van der Waals surface area (Å²) in [6, 6.07) is 0. The first-order valence-electron chi connectivity index (χ1n) is 7.28. The predicted octanol–water partition coefficient (Wildman–Crippen LogP) is 2.91. The molecule has 3 saturated heterocycles. The van der Waals surface area contributed by atoms with Crippen LogP contribution in [0.5, 0.6) is 0 Å². The molecular weight excluding hydrogens is 264 g/mol. The van der Waals surface area contributed by atoms with Gasteiger partial charge in [-0.15, -0.1) is 0 Å². The third-order valence-electron chi connectivity index (χ3n) is 4.50. The van der Waals surface area contributed by atoms with Gasteiger partial charge in [-0.1, -0.05) is 0 Å². The van der Waals surface area contributed by atoms with Crippen molar-refractivity contribution < 1.29 is 9.47 Å². The highest BCUT2D eigenvalue weighted by Gasteiger charge is 2.34. The van der Waals surface area contributed by atoms with Crippen LogP contribution >= 0.6 is 23.5 Å². The van der Waals surface area contributed by atoms with Crippen molar-refractivity contribution in [2.45, 2.75) is 25.4 Å². The summed E-state index contributed by atoms with van der Waals surface area (Å²) in [6.45, 7) is 2.97. The number of ether oxygens (including phenoxy) is 2. The Morgan fingerprint density at radius 1 is 0.889 bits per heavy atom. The van der Waals surface area contributed by atoms with Gasteiger partial charge >= 0.3 is 0 Å². The summed E-state index contributed by atoms with van der Waals surface area (Å²) >= 11 is 4.23. The average molecular weight is 288 g/mol. The first-order valence-corrected chi connectivity index (χ1v) is 9.59. The molecule has 0 aliphatic carbocycles. The Bertz CT molecular complexity index is 226. The minimum atomic E-state index is 0.531. The predicted molar refractivity (Wildman–Crippen MR) is 79.5 cm³/mol. The Labute approximate surface area is 119 Å². The van der Waals surface area contributed by atoms with Crippen LogP contribution in [0.3, 0.4) is 0 Å². The Balaban J connectivity index is 1.53. The van der Waals surface area contributed by atoms with Crippen LogP contribution < -0.4 is 0 Å². The van der Waals surface area contributed by atoms with Crippen LogP contribution in [0.2, 0.25) is 0 Å². The second-order valence-corrected chi connectivity index (χ2v) is 7.98. The van der Waals surface area contributed by atoms with Gasteiger partial charge in [0.1, 0.15) is 0 Å². The highest BCUT2D eigenvalue weighted by atomic mass is 32.2. The van der Waals surface area contributed by atoms with E-state index in [4.69, 9.17) is 9.47 Å². The lowest BCUT2D eigenvalue weighted by atomic mass is 9.81. The summed E-state index contributed by atoms with van der Waals surface area (Å²) in [5.41, 5.74) is 0. The molecule has 3 rings (SSSR count). The van der Waals surface area contributed by atoms with Crippen molar-refractivity contribution in [2.75, 3.05) is 42.8 Å². The molecule has 0 saturated carbocycles. The van der Waals surface area contributed by atoms with E-state index in [0.29, 0.717) is 6.10 Å². The highest BCUT2D eigenvalue weighted by Crippen LogP contribution is 2.38. The van der Waals surface area contributed by atoms with Gasteiger partial charge in [0.15, 0.2) is 0 Å². The lowest BCUT2D eigenvalue weighted by Gasteiger charge is -2.39. The minimum absolute atomic E-state index is 0.531. The summed E-state index contributed by atoms with van der Waals surface area (Å²) in [4.78, 5) is 0. The van der Waals surface area contributed by atoms with Crippen molar-refractivity contribution in [2.24, 2.45) is 17.8 Å². The van der Waals surface area contributed by atoms with Crippen LogP contribution in [-0.4, -0.2) is 48.9 Å². The third-order valence-corrected chi connectivity index (χ3v) is 6.85. The molecule has 0 radical (unpaired) electrons. The van der Waals surface area contributed by atoms with Gasteiger partial charge in [0.25, 0.3) is 0 Å². The van der Waals surface area contributed by atoms with Gasteiger partial charge in [0, 0.05) is 24.7 Å². The molecule has 4 heteroatoms. The van der Waals surface area contributed by atoms with Crippen molar-refractivity contribution in [3.63, 3.8) is 0 Å². The molecule has 0 aromatic rings. The number of thioether (sulfide) groups is 2. The van der Waals surface area contributed by atoms with E-state index in [-0.39, 0.29) is 0 Å². The zero-order valence-electron chi connectivity index (χ0n) is 11.0. The SMILES string of the molecule is C1COCC(C2CSCC(C3CSCCO3)C2)C1. The van der Waals surface area contributed by atoms with Gasteiger partial charge in [-0.05, 0) is 48.5 Å². The maximum absolute atomic E-state index is 5.99. The molecule has 3 fully saturated rings. The first kappa shape index (κ1) is 13.6. The van der Waals surface area contributed by atoms with Crippen LogP contribution in [0.25, 0.3) is 0 Å². The molecule has 104 valence electrons. The van der Waals surface area contributed by atoms with Crippen molar-refractivity contribution in [1.29, 1.82) is 0 Å². The maximum atomic E-state index is 5.99. The van der Waals surface area contributed by atoms with E-state index < -0.39 is 0 Å². The summed E-state index contributed by atoms with van der Waals surface area (Å²) in [6.07, 6.45) is 4.57. The Morgan fingerprint density at radius 3 is 2.61 bits per heavy atom. The standard InChI is InChI=1S/C14H24O2S2/c1-2-11(7-15-3-1)12-6-13(9-18-8-12)14-10-17-5-4-16-14/h11-14H,1-10H2. The maximum Gasteiger partial charge on any atom is 0.0701 e. The Hall–Kier alpha value is 0.620. The van der Waals surface area contributed by atoms with Gasteiger partial charge in [-0.25, -0.2) is 0 Å². The van der Waals surface area contributed by atoms with E-state index in [1.165, 1.54) is 42.3 Å². The van der Waals surface area contributed by atoms with E-state index >= 15 is 0 Å². The van der Waals surface area contributed by atoms with Crippen molar-refractivity contribution in [1.82, 2.24) is 0 Å². The van der Waals surface area contributed by atoms with Gasteiger partial charge in [0.2, 0.25) is 0 Å². The molecule has 4 atom stereocenters. The summed E-state index contributed by atoms with van der Waals surface area (Å²) in [5.74, 6) is 7.58. The minimum Gasteiger partial charge on any atom is -0.381 e. The van der Waals surface area contributed by atoms with E-state index in [2.05, 4.69) is 23.5 Å². The fourth-order valence-electron chi connectivity index (χ4n) is 3.40. The van der Waals surface area contributed by atoms with E-state index in [1.54, 1.807) is 0 Å². The smallest absolute Gasteiger partial charge is 0.0701 e. The number of hydrogen-bond donors (Lipinski definition) is 0. The first-order chi connectivity index (χ1) is 8.93. The molecule has 0 N–H and O–H groups in total. The van der Waals surface area contributed by atoms with Crippen LogP contribution in [0, 0.1) is 17.8 Å². The molecule has 0 bridgehead atoms. The Morgan fingerprint density at radius 2 is 1.83 bits per heavy atom. The zero-order valence-corrected chi connectivity index (χ0v) is 12.6. The third kappa shape index (κ3) is 3.38. The summed E-state index contributed by atoms with van der Waals surface area (Å²) in [7, 11) is 0. The zero-order chi connectivity index (χ0) is 12.2. The second-order valence-electron chi connectivity index (χ2n) is 5.75. The summed E-state index contributed by atoms with van der Waals surface area (Å²) in [5, 5.41) is 0. The van der Waals surface area contributed by atoms with Gasteiger partial charge in [-0.3, -0.25) is 0 Å². The molecular formula is C14H24O2S2. The fourth-order valence-corrected chi connectivity index (χ4v) is 5.88. The second kappa shape index (κ2) is 6.87. The fraction of sp³-hybridized carbons (Fsp3) is 1.00. The van der Waals surface area contributed by atoms with Gasteiger partial charge in [0.05, 0.1) is 12.7 Å². The lowest BCUT2D eigenvalue weighted by molar-refractivity contribution is 0.00626. The molecule has 0 amide bonds. The van der Waals surface area contributed by atoms with Crippen LogP contribution in [0.4, 0.5) is 0 Å². The van der Waals surface area contributed by atoms with E-state index in [9.17, 15) is 0 Å². The molecule has 3 aliphatic heterocycles. The quantitative estimate of drug-likeness (QED) is 0.777. The van der Waals surface area contributed by atoms with Crippen LogP contribution in [0.1, 0.15) is 19.3 Å². The normalized spacial score (nSPS) is 42.7. The average Bonchev–Trinajstić information content (AvgIpc) is 2.49. The van der Waals surface area contributed by atoms with Crippen LogP contribution in [-0.2, 0) is 9.47 Å². The van der Waals surface area contributed by atoms with Crippen molar-refractivity contribution in [3.8, 4) is 0 Å². The number of hydrogen-bond acceptors (Lipinski definition) is 4. The molecule has 0 aromatic heterocycles. The molecule has 3 aliphatic rings. The van der Waals surface area contributed by atoms with Gasteiger partial charge < -0.3 is 9.47 Å². The number of rotatable bonds is 2. The molecule has 3 heterocycles. The largest absolute Gasteiger partial charge is 0.381 e. The molecule has 4 unspecified atom stereocenters. The molecule has 18 heavy (non-hydrogen) atoms. The lowest BCUT2D eigenvalue weighted by Crippen LogP contribution is -2.39. The van der Waals surface area contributed by atoms with E-state index in [1.807, 2.05) is 0 Å². The molecule has 2 nitrogen and oxygen atoms in total. The van der Waals surface area contributed by atoms with E-state index in [0.717, 1.165) is 37.6 Å². The van der Waals surface area contributed by atoms with Gasteiger partial charge in [-0.2, -0.15) is 23.5 Å². The van der Waals surface area contributed by atoms with Crippen LogP contribution in [0.15, 0.2) is 0 Å². The van der Waals surface area contributed by atoms with Crippen molar-refractivity contribution in [3.05, 3.63) is 0 Å². The molecule has 0 aromatic carbocycles. The topological polar surface area (TPSA) is 18.5 Å². The monoisotopic (exact) mass is 288 g/mol. The Kier molecular flexibility index (Phi) is 5.19.